The summed E-state index contributed by atoms with van der Waals surface area (Å²) in [7, 11) is 3.14. The third-order valence-electron chi connectivity index (χ3n) is 4.83. The number of nitrogens with zero attached hydrogens (tertiary/aromatic N) is 1. The third-order valence-corrected chi connectivity index (χ3v) is 4.83. The van der Waals surface area contributed by atoms with E-state index in [0.717, 1.165) is 5.56 Å². The van der Waals surface area contributed by atoms with Gasteiger partial charge in [-0.25, -0.2) is 5.43 Å². The number of carbonyl (C=O) groups excluding carboxylic acids is 1. The maximum Gasteiger partial charge on any atom is 0.285 e. The lowest BCUT2D eigenvalue weighted by molar-refractivity contribution is -0.134. The second-order valence-electron chi connectivity index (χ2n) is 6.78. The predicted molar refractivity (Wildman–Crippen MR) is 116 cm³/mol. The average molecular weight is 418 g/mol. The van der Waals surface area contributed by atoms with Crippen molar-refractivity contribution in [1.82, 2.24) is 5.43 Å². The summed E-state index contributed by atoms with van der Waals surface area (Å²) in [6.07, 6.45) is -0.0340. The van der Waals surface area contributed by atoms with Gasteiger partial charge >= 0.3 is 0 Å². The Morgan fingerprint density at radius 2 is 1.65 bits per heavy atom. The molecule has 31 heavy (non-hydrogen) atoms. The molecule has 0 fully saturated rings. The van der Waals surface area contributed by atoms with Gasteiger partial charge in [0.15, 0.2) is 17.6 Å². The van der Waals surface area contributed by atoms with Crippen LogP contribution in [0.1, 0.15) is 17.2 Å². The van der Waals surface area contributed by atoms with E-state index in [9.17, 15) is 4.79 Å². The zero-order valence-electron chi connectivity index (χ0n) is 17.1. The number of hydrogen-bond donors (Lipinski definition) is 1. The smallest absolute Gasteiger partial charge is 0.285 e. The molecule has 1 aliphatic rings. The number of ether oxygens (including phenoxy) is 4. The van der Waals surface area contributed by atoms with E-state index in [0.29, 0.717) is 28.6 Å². The maximum atomic E-state index is 13.0. The van der Waals surface area contributed by atoms with Gasteiger partial charge in [0, 0.05) is 5.56 Å². The van der Waals surface area contributed by atoms with Gasteiger partial charge in [0.05, 0.1) is 20.4 Å². The molecule has 4 rings (SSSR count). The van der Waals surface area contributed by atoms with Crippen LogP contribution in [0.5, 0.6) is 23.0 Å². The highest BCUT2D eigenvalue weighted by molar-refractivity contribution is 5.87. The van der Waals surface area contributed by atoms with Gasteiger partial charge in [-0.2, -0.15) is 5.10 Å². The summed E-state index contributed by atoms with van der Waals surface area (Å²) < 4.78 is 22.7. The highest BCUT2D eigenvalue weighted by Crippen LogP contribution is 2.39. The SMILES string of the molecule is COc1ccc(OC)c(/C=N/NC(=O)C2Oc3ccccc3OC2c2ccccc2)c1. The van der Waals surface area contributed by atoms with E-state index in [1.165, 1.54) is 6.21 Å². The molecule has 0 radical (unpaired) electrons. The van der Waals surface area contributed by atoms with E-state index in [1.54, 1.807) is 38.5 Å². The number of para-hydroxylation sites is 2. The first kappa shape index (κ1) is 20.3. The topological polar surface area (TPSA) is 78.4 Å². The Hall–Kier alpha value is -4.00. The number of amides is 1. The monoisotopic (exact) mass is 418 g/mol. The molecule has 158 valence electrons. The van der Waals surface area contributed by atoms with Crippen molar-refractivity contribution in [1.29, 1.82) is 0 Å². The lowest BCUT2D eigenvalue weighted by atomic mass is 10.0. The first-order valence-corrected chi connectivity index (χ1v) is 9.72. The van der Waals surface area contributed by atoms with Crippen molar-refractivity contribution < 1.29 is 23.7 Å². The van der Waals surface area contributed by atoms with Crippen molar-refractivity contribution >= 4 is 12.1 Å². The highest BCUT2D eigenvalue weighted by Gasteiger charge is 2.38. The van der Waals surface area contributed by atoms with E-state index in [2.05, 4.69) is 10.5 Å². The van der Waals surface area contributed by atoms with Crippen LogP contribution in [0.2, 0.25) is 0 Å². The number of rotatable bonds is 6. The second kappa shape index (κ2) is 9.21. The van der Waals surface area contributed by atoms with Crippen LogP contribution < -0.4 is 24.4 Å². The number of nitrogens with one attached hydrogen (secondary N) is 1. The van der Waals surface area contributed by atoms with Gasteiger partial charge in [0.2, 0.25) is 6.10 Å². The highest BCUT2D eigenvalue weighted by atomic mass is 16.6. The number of hydrazone groups is 1. The molecule has 3 aromatic carbocycles. The van der Waals surface area contributed by atoms with E-state index in [4.69, 9.17) is 18.9 Å². The number of methoxy groups -OCH3 is 2. The molecule has 1 heterocycles. The van der Waals surface area contributed by atoms with Crippen molar-refractivity contribution in [2.75, 3.05) is 14.2 Å². The predicted octanol–water partition coefficient (Wildman–Crippen LogP) is 3.74. The molecular weight excluding hydrogens is 396 g/mol. The zero-order valence-corrected chi connectivity index (χ0v) is 17.1. The largest absolute Gasteiger partial charge is 0.497 e. The van der Waals surface area contributed by atoms with Gasteiger partial charge in [0.25, 0.3) is 5.91 Å². The second-order valence-corrected chi connectivity index (χ2v) is 6.78. The first-order valence-electron chi connectivity index (χ1n) is 9.72. The van der Waals surface area contributed by atoms with Crippen molar-refractivity contribution in [3.63, 3.8) is 0 Å². The van der Waals surface area contributed by atoms with Crippen LogP contribution in [-0.4, -0.2) is 32.4 Å². The first-order chi connectivity index (χ1) is 15.2. The van der Waals surface area contributed by atoms with Crippen LogP contribution in [0, 0.1) is 0 Å². The Kier molecular flexibility index (Phi) is 6.03. The molecule has 0 bridgehead atoms. The molecule has 7 heteroatoms. The molecule has 0 aromatic heterocycles. The minimum absolute atomic E-state index is 0.429. The fourth-order valence-electron chi connectivity index (χ4n) is 3.29. The molecule has 7 nitrogen and oxygen atoms in total. The molecular formula is C24H22N2O5. The van der Waals surface area contributed by atoms with Crippen LogP contribution in [0.25, 0.3) is 0 Å². The Bertz CT molecular complexity index is 1080. The molecule has 2 unspecified atom stereocenters. The quantitative estimate of drug-likeness (QED) is 0.487. The van der Waals surface area contributed by atoms with Gasteiger partial charge in [-0.15, -0.1) is 0 Å². The van der Waals surface area contributed by atoms with Crippen LogP contribution in [-0.2, 0) is 4.79 Å². The molecule has 0 saturated heterocycles. The van der Waals surface area contributed by atoms with Crippen LogP contribution in [0.15, 0.2) is 77.9 Å². The molecule has 0 aliphatic carbocycles. The molecule has 1 amide bonds. The number of fused-ring (bicyclic) bond motifs is 1. The summed E-state index contributed by atoms with van der Waals surface area (Å²) in [5.41, 5.74) is 4.04. The maximum absolute atomic E-state index is 13.0. The fraction of sp³-hybridized carbons (Fsp3) is 0.167. The number of hydrogen-bond acceptors (Lipinski definition) is 6. The van der Waals surface area contributed by atoms with E-state index in [-0.39, 0.29) is 0 Å². The van der Waals surface area contributed by atoms with Gasteiger partial charge in [0.1, 0.15) is 11.5 Å². The Labute approximate surface area is 180 Å². The van der Waals surface area contributed by atoms with Crippen molar-refractivity contribution in [3.8, 4) is 23.0 Å². The Balaban J connectivity index is 1.55. The van der Waals surface area contributed by atoms with Gasteiger partial charge in [-0.1, -0.05) is 42.5 Å². The number of carbonyl (C=O) groups is 1. The Morgan fingerprint density at radius 3 is 2.35 bits per heavy atom. The molecule has 3 aromatic rings. The summed E-state index contributed by atoms with van der Waals surface area (Å²) in [6, 6.07) is 22.0. The van der Waals surface area contributed by atoms with Gasteiger partial charge in [-0.05, 0) is 35.9 Å². The minimum atomic E-state index is -0.915. The van der Waals surface area contributed by atoms with E-state index in [1.807, 2.05) is 48.5 Å². The molecule has 0 spiro atoms. The van der Waals surface area contributed by atoms with Crippen molar-refractivity contribution in [2.45, 2.75) is 12.2 Å². The summed E-state index contributed by atoms with van der Waals surface area (Å²) in [5, 5.41) is 4.09. The summed E-state index contributed by atoms with van der Waals surface area (Å²) in [5.74, 6) is 1.92. The van der Waals surface area contributed by atoms with Crippen molar-refractivity contribution in [3.05, 3.63) is 83.9 Å². The molecule has 0 saturated carbocycles. The van der Waals surface area contributed by atoms with Crippen LogP contribution in [0.3, 0.4) is 0 Å². The number of benzene rings is 3. The Morgan fingerprint density at radius 1 is 0.935 bits per heavy atom. The van der Waals surface area contributed by atoms with E-state index >= 15 is 0 Å². The minimum Gasteiger partial charge on any atom is -0.497 e. The lowest BCUT2D eigenvalue weighted by Crippen LogP contribution is -2.44. The van der Waals surface area contributed by atoms with E-state index < -0.39 is 18.1 Å². The standard InChI is InChI=1S/C24H22N2O5/c1-28-18-12-13-19(29-2)17(14-18)15-25-26-24(27)23-22(16-8-4-3-5-9-16)30-20-10-6-7-11-21(20)31-23/h3-15,22-23H,1-2H3,(H,26,27)/b25-15+. The normalized spacial score (nSPS) is 17.2. The fourth-order valence-corrected chi connectivity index (χ4v) is 3.29. The van der Waals surface area contributed by atoms with Gasteiger partial charge in [-0.3, -0.25) is 4.79 Å². The molecule has 1 N–H and O–H groups in total. The third kappa shape index (κ3) is 4.45. The van der Waals surface area contributed by atoms with Gasteiger partial charge < -0.3 is 18.9 Å². The van der Waals surface area contributed by atoms with Crippen LogP contribution in [0.4, 0.5) is 0 Å². The average Bonchev–Trinajstić information content (AvgIpc) is 2.83. The summed E-state index contributed by atoms with van der Waals surface area (Å²) in [6.45, 7) is 0. The van der Waals surface area contributed by atoms with Crippen LogP contribution >= 0.6 is 0 Å². The zero-order chi connectivity index (χ0) is 21.6. The summed E-state index contributed by atoms with van der Waals surface area (Å²) >= 11 is 0. The molecule has 2 atom stereocenters. The summed E-state index contributed by atoms with van der Waals surface area (Å²) in [4.78, 5) is 13.0. The molecule has 1 aliphatic heterocycles. The lowest BCUT2D eigenvalue weighted by Gasteiger charge is -2.32. The van der Waals surface area contributed by atoms with Crippen molar-refractivity contribution in [2.24, 2.45) is 5.10 Å².